The summed E-state index contributed by atoms with van der Waals surface area (Å²) in [5, 5.41) is 9.84. The van der Waals surface area contributed by atoms with E-state index in [0.29, 0.717) is 6.61 Å². The summed E-state index contributed by atoms with van der Waals surface area (Å²) in [6.45, 7) is 3.61. The average Bonchev–Trinajstić information content (AvgIpc) is 3.27. The fraction of sp³-hybridized carbons (Fsp3) is 0.391. The van der Waals surface area contributed by atoms with Crippen molar-refractivity contribution < 1.29 is 9.13 Å². The lowest BCUT2D eigenvalue weighted by Crippen LogP contribution is -2.43. The van der Waals surface area contributed by atoms with Gasteiger partial charge in [-0.1, -0.05) is 17.7 Å². The van der Waals surface area contributed by atoms with Crippen LogP contribution in [0.4, 0.5) is 10.3 Å². The van der Waals surface area contributed by atoms with Crippen molar-refractivity contribution in [3.05, 3.63) is 69.8 Å². The van der Waals surface area contributed by atoms with Crippen molar-refractivity contribution in [2.45, 2.75) is 38.1 Å². The Morgan fingerprint density at radius 1 is 1.03 bits per heavy atom. The van der Waals surface area contributed by atoms with Crippen LogP contribution in [0.5, 0.6) is 0 Å². The Morgan fingerprint density at radius 3 is 2.71 bits per heavy atom. The number of aromatic nitrogens is 3. The van der Waals surface area contributed by atoms with Gasteiger partial charge in [0.05, 0.1) is 24.4 Å². The van der Waals surface area contributed by atoms with Crippen molar-refractivity contribution in [1.29, 1.82) is 0 Å². The third-order valence-corrected chi connectivity index (χ3v) is 7.00. The largest absolute Gasteiger partial charge is 0.365 e. The minimum atomic E-state index is -0.327. The van der Waals surface area contributed by atoms with Crippen LogP contribution in [0.25, 0.3) is 5.69 Å². The molecule has 160 valence electrons. The highest BCUT2D eigenvalue weighted by molar-refractivity contribution is 6.30. The van der Waals surface area contributed by atoms with Gasteiger partial charge in [-0.15, -0.1) is 10.2 Å². The van der Waals surface area contributed by atoms with Crippen molar-refractivity contribution in [3.8, 4) is 5.69 Å². The summed E-state index contributed by atoms with van der Waals surface area (Å²) in [5.41, 5.74) is 4.03. The summed E-state index contributed by atoms with van der Waals surface area (Å²) in [5.74, 6) is 1.59. The highest BCUT2D eigenvalue weighted by Crippen LogP contribution is 2.45. The molecule has 8 heteroatoms. The summed E-state index contributed by atoms with van der Waals surface area (Å²) in [7, 11) is 2.08. The van der Waals surface area contributed by atoms with Gasteiger partial charge in [0.25, 0.3) is 0 Å². The van der Waals surface area contributed by atoms with Gasteiger partial charge in [-0.05, 0) is 66.9 Å². The van der Waals surface area contributed by atoms with Crippen LogP contribution in [0.2, 0.25) is 5.02 Å². The number of rotatable bonds is 1. The van der Waals surface area contributed by atoms with Crippen LogP contribution < -0.4 is 4.90 Å². The monoisotopic (exact) mass is 439 g/mol. The molecule has 6 nitrogen and oxygen atoms in total. The molecule has 1 aromatic heterocycles. The molecule has 1 fully saturated rings. The van der Waals surface area contributed by atoms with E-state index in [1.165, 1.54) is 5.56 Å². The first-order valence-electron chi connectivity index (χ1n) is 10.6. The van der Waals surface area contributed by atoms with E-state index in [1.807, 2.05) is 18.2 Å². The fourth-order valence-corrected chi connectivity index (χ4v) is 5.44. The highest BCUT2D eigenvalue weighted by atomic mass is 35.5. The number of anilines is 1. The molecule has 0 bridgehead atoms. The Morgan fingerprint density at radius 2 is 1.87 bits per heavy atom. The lowest BCUT2D eigenvalue weighted by Gasteiger charge is -2.39. The molecule has 6 rings (SSSR count). The quantitative estimate of drug-likeness (QED) is 0.573. The first-order valence-corrected chi connectivity index (χ1v) is 11.0. The van der Waals surface area contributed by atoms with Gasteiger partial charge in [-0.2, -0.15) is 0 Å². The van der Waals surface area contributed by atoms with E-state index in [0.717, 1.165) is 72.6 Å². The van der Waals surface area contributed by atoms with Gasteiger partial charge in [0, 0.05) is 24.7 Å². The number of hydrogen-bond donors (Lipinski definition) is 0. The number of hydrogen-bond acceptors (Lipinski definition) is 5. The minimum Gasteiger partial charge on any atom is -0.365 e. The van der Waals surface area contributed by atoms with E-state index in [2.05, 4.69) is 37.7 Å². The van der Waals surface area contributed by atoms with Crippen LogP contribution in [0, 0.1) is 5.82 Å². The third kappa shape index (κ3) is 3.06. The van der Waals surface area contributed by atoms with Crippen molar-refractivity contribution in [1.82, 2.24) is 19.7 Å². The maximum Gasteiger partial charge on any atom is 0.231 e. The van der Waals surface area contributed by atoms with Crippen LogP contribution in [0.1, 0.15) is 35.4 Å². The second kappa shape index (κ2) is 7.02. The van der Waals surface area contributed by atoms with Crippen molar-refractivity contribution >= 4 is 17.5 Å². The second-order valence-electron chi connectivity index (χ2n) is 8.77. The molecule has 3 aliphatic rings. The molecule has 0 radical (unpaired) electrons. The number of fused-ring (bicyclic) bond motifs is 5. The van der Waals surface area contributed by atoms with Gasteiger partial charge >= 0.3 is 0 Å². The molecule has 0 N–H and O–H groups in total. The molecule has 0 aliphatic carbocycles. The molecule has 4 heterocycles. The molecule has 0 unspecified atom stereocenters. The second-order valence-corrected chi connectivity index (χ2v) is 9.20. The highest BCUT2D eigenvalue weighted by Gasteiger charge is 2.43. The first kappa shape index (κ1) is 19.2. The molecule has 3 aromatic rings. The van der Waals surface area contributed by atoms with E-state index in [4.69, 9.17) is 16.3 Å². The molecule has 3 aliphatic heterocycles. The lowest BCUT2D eigenvalue weighted by molar-refractivity contribution is -0.0553. The maximum absolute atomic E-state index is 13.6. The standard InChI is InChI=1S/C23H23ClFN5O/c1-28-12-15-10-17(24)2-5-20(15)30-21(13-28)26-27-22(30)29-8-6-23(7-9-29)19-4-3-18(25)11-16(19)14-31-23/h2-5,10-11H,6-9,12-14H2,1H3. The number of nitrogens with zero attached hydrogens (tertiary/aromatic N) is 5. The third-order valence-electron chi connectivity index (χ3n) is 6.76. The van der Waals surface area contributed by atoms with Gasteiger partial charge in [0.15, 0.2) is 5.82 Å². The molecular formula is C23H23ClFN5O. The fourth-order valence-electron chi connectivity index (χ4n) is 5.25. The predicted octanol–water partition coefficient (Wildman–Crippen LogP) is 4.03. The smallest absolute Gasteiger partial charge is 0.231 e. The maximum atomic E-state index is 13.6. The molecule has 31 heavy (non-hydrogen) atoms. The van der Waals surface area contributed by atoms with Gasteiger partial charge in [0.1, 0.15) is 5.82 Å². The lowest BCUT2D eigenvalue weighted by atomic mass is 9.84. The molecule has 0 amide bonds. The van der Waals surface area contributed by atoms with E-state index in [-0.39, 0.29) is 11.4 Å². The van der Waals surface area contributed by atoms with E-state index < -0.39 is 0 Å². The zero-order valence-corrected chi connectivity index (χ0v) is 18.1. The van der Waals surface area contributed by atoms with E-state index in [1.54, 1.807) is 12.1 Å². The molecule has 1 saturated heterocycles. The van der Waals surface area contributed by atoms with Gasteiger partial charge in [-0.3, -0.25) is 9.47 Å². The summed E-state index contributed by atoms with van der Waals surface area (Å²) < 4.78 is 22.0. The first-order chi connectivity index (χ1) is 15.0. The zero-order chi connectivity index (χ0) is 21.2. The Balaban J connectivity index is 1.33. The van der Waals surface area contributed by atoms with Gasteiger partial charge in [-0.25, -0.2) is 4.39 Å². The van der Waals surface area contributed by atoms with E-state index >= 15 is 0 Å². The van der Waals surface area contributed by atoms with E-state index in [9.17, 15) is 4.39 Å². The molecular weight excluding hydrogens is 417 g/mol. The topological polar surface area (TPSA) is 46.4 Å². The van der Waals surface area contributed by atoms with Crippen molar-refractivity contribution in [2.75, 3.05) is 25.0 Å². The normalized spacial score (nSPS) is 19.8. The number of ether oxygens (including phenoxy) is 1. The van der Waals surface area contributed by atoms with Crippen LogP contribution in [-0.4, -0.2) is 39.8 Å². The Bertz CT molecular complexity index is 1170. The Hall–Kier alpha value is -2.48. The Labute approximate surface area is 185 Å². The van der Waals surface area contributed by atoms with Crippen LogP contribution in [-0.2, 0) is 30.0 Å². The van der Waals surface area contributed by atoms with Crippen LogP contribution >= 0.6 is 11.6 Å². The SMILES string of the molecule is CN1Cc2cc(Cl)ccc2-n2c(nnc2N2CCC3(CC2)OCc2cc(F)ccc23)C1. The predicted molar refractivity (Wildman–Crippen MR) is 116 cm³/mol. The minimum absolute atomic E-state index is 0.202. The number of piperidine rings is 1. The average molecular weight is 440 g/mol. The summed E-state index contributed by atoms with van der Waals surface area (Å²) >= 11 is 6.28. The molecule has 0 saturated carbocycles. The van der Waals surface area contributed by atoms with Crippen molar-refractivity contribution in [3.63, 3.8) is 0 Å². The summed E-state index contributed by atoms with van der Waals surface area (Å²) in [4.78, 5) is 4.51. The van der Waals surface area contributed by atoms with Crippen LogP contribution in [0.3, 0.4) is 0 Å². The van der Waals surface area contributed by atoms with Gasteiger partial charge in [0.2, 0.25) is 5.95 Å². The van der Waals surface area contributed by atoms with Crippen LogP contribution in [0.15, 0.2) is 36.4 Å². The Kier molecular flexibility index (Phi) is 4.35. The summed E-state index contributed by atoms with van der Waals surface area (Å²) in [6.07, 6.45) is 1.67. The molecule has 0 atom stereocenters. The summed E-state index contributed by atoms with van der Waals surface area (Å²) in [6, 6.07) is 11.1. The number of benzene rings is 2. The molecule has 2 aromatic carbocycles. The van der Waals surface area contributed by atoms with Crippen molar-refractivity contribution in [2.24, 2.45) is 0 Å². The molecule has 1 spiro atoms. The zero-order valence-electron chi connectivity index (χ0n) is 17.3. The number of halogens is 2. The van der Waals surface area contributed by atoms with Gasteiger partial charge < -0.3 is 9.64 Å².